The second-order valence-corrected chi connectivity index (χ2v) is 12.3. The Morgan fingerprint density at radius 2 is 1.78 bits per heavy atom. The third-order valence-electron chi connectivity index (χ3n) is 6.95. The summed E-state index contributed by atoms with van der Waals surface area (Å²) >= 11 is 7.89. The highest BCUT2D eigenvalue weighted by Crippen LogP contribution is 2.31. The number of allylic oxidation sites excluding steroid dienone is 7. The molecule has 2 rings (SSSR count). The van der Waals surface area contributed by atoms with Gasteiger partial charge in [0.2, 0.25) is 11.8 Å². The van der Waals surface area contributed by atoms with E-state index in [4.69, 9.17) is 26.1 Å². The van der Waals surface area contributed by atoms with E-state index >= 15 is 0 Å². The first-order valence-electron chi connectivity index (χ1n) is 15.4. The van der Waals surface area contributed by atoms with Crippen LogP contribution in [0.1, 0.15) is 64.6 Å². The van der Waals surface area contributed by atoms with Crippen LogP contribution in [0.15, 0.2) is 50.9 Å². The molecule has 2 amide bonds. The fraction of sp³-hybridized carbons (Fsp3) is 0.562. The minimum Gasteiger partial charge on any atom is -0.379 e. The average Bonchev–Trinajstić information content (AvgIpc) is 3.39. The van der Waals surface area contributed by atoms with Crippen molar-refractivity contribution in [3.05, 3.63) is 57.5 Å². The van der Waals surface area contributed by atoms with Crippen molar-refractivity contribution in [3.8, 4) is 0 Å². The van der Waals surface area contributed by atoms with Gasteiger partial charge in [0.15, 0.2) is 5.82 Å². The maximum absolute atomic E-state index is 13.1. The number of ketones is 1. The Labute approximate surface area is 281 Å². The van der Waals surface area contributed by atoms with Crippen molar-refractivity contribution >= 4 is 46.7 Å². The van der Waals surface area contributed by atoms with Crippen LogP contribution >= 0.6 is 23.4 Å². The zero-order chi connectivity index (χ0) is 33.9. The zero-order valence-electron chi connectivity index (χ0n) is 27.6. The van der Waals surface area contributed by atoms with E-state index in [0.717, 1.165) is 11.5 Å². The highest BCUT2D eigenvalue weighted by Gasteiger charge is 2.25. The molecule has 1 atom stereocenters. The highest BCUT2D eigenvalue weighted by molar-refractivity contribution is 8.02. The number of nitrogens with zero attached hydrogens (tertiary/aromatic N) is 4. The molecule has 0 aliphatic carbocycles. The van der Waals surface area contributed by atoms with Gasteiger partial charge in [0.25, 0.3) is 0 Å². The molecule has 1 aromatic heterocycles. The summed E-state index contributed by atoms with van der Waals surface area (Å²) < 4.78 is 13.1. The van der Waals surface area contributed by atoms with Gasteiger partial charge in [-0.3, -0.25) is 19.4 Å². The van der Waals surface area contributed by atoms with E-state index in [1.54, 1.807) is 23.9 Å². The van der Waals surface area contributed by atoms with Crippen molar-refractivity contribution in [2.75, 3.05) is 52.6 Å². The van der Waals surface area contributed by atoms with Gasteiger partial charge >= 0.3 is 0 Å². The molecular weight excluding hydrogens is 630 g/mol. The first-order valence-corrected chi connectivity index (χ1v) is 16.7. The number of carbonyl (C=O) groups is 3. The van der Waals surface area contributed by atoms with Crippen molar-refractivity contribution in [2.45, 2.75) is 65.8 Å². The lowest BCUT2D eigenvalue weighted by Crippen LogP contribution is -2.33. The van der Waals surface area contributed by atoms with E-state index in [1.165, 1.54) is 17.4 Å². The number of hydrogen-bond donors (Lipinski definition) is 3. The van der Waals surface area contributed by atoms with Crippen molar-refractivity contribution in [3.63, 3.8) is 0 Å². The molecule has 0 spiro atoms. The number of rotatable bonds is 19. The van der Waals surface area contributed by atoms with Crippen LogP contribution in [0.2, 0.25) is 0 Å². The van der Waals surface area contributed by atoms with Crippen molar-refractivity contribution < 1.29 is 23.9 Å². The van der Waals surface area contributed by atoms with Crippen LogP contribution in [0.4, 0.5) is 0 Å². The number of fused-ring (bicyclic) bond motifs is 1. The van der Waals surface area contributed by atoms with Crippen LogP contribution in [-0.4, -0.2) is 90.7 Å². The number of amides is 2. The Bertz CT molecular complexity index is 1320. The highest BCUT2D eigenvalue weighted by atomic mass is 35.5. The summed E-state index contributed by atoms with van der Waals surface area (Å²) in [5.74, 6) is 1.75. The molecule has 254 valence electrons. The number of halogens is 1. The van der Waals surface area contributed by atoms with Gasteiger partial charge in [-0.15, -0.1) is 22.0 Å². The number of Topliss-reactive ketones (excluding diaryl/α,β-unsaturated/α-hetero) is 1. The Morgan fingerprint density at radius 1 is 1.04 bits per heavy atom. The minimum absolute atomic E-state index is 0.0334. The molecule has 0 bridgehead atoms. The van der Waals surface area contributed by atoms with E-state index in [1.807, 2.05) is 24.5 Å². The fourth-order valence-corrected chi connectivity index (χ4v) is 5.15. The number of aryl methyl sites for hydroxylation is 1. The molecule has 1 aromatic rings. The number of nitrogens with one attached hydrogen (secondary N) is 3. The molecule has 46 heavy (non-hydrogen) atoms. The first-order chi connectivity index (χ1) is 22.0. The Kier molecular flexibility index (Phi) is 18.4. The Hall–Kier alpha value is -3.10. The Balaban J connectivity index is 1.87. The molecule has 12 nitrogen and oxygen atoms in total. The SMILES string of the molecule is C=C(/C=C\C(Cl)=C/C)C1=N[C@@H](CC(=O)NCCOCCOCCC(=O)CNCCNC(C)=O)c2nnc(C)n2CS/C(C)=C(/C)C1. The van der Waals surface area contributed by atoms with Gasteiger partial charge in [-0.2, -0.15) is 0 Å². The van der Waals surface area contributed by atoms with E-state index in [0.29, 0.717) is 81.2 Å². The van der Waals surface area contributed by atoms with Gasteiger partial charge in [0.05, 0.1) is 45.3 Å². The van der Waals surface area contributed by atoms with E-state index in [-0.39, 0.29) is 30.6 Å². The molecule has 0 fully saturated rings. The predicted octanol–water partition coefficient (Wildman–Crippen LogP) is 3.94. The molecule has 0 saturated carbocycles. The molecule has 0 unspecified atom stereocenters. The second-order valence-electron chi connectivity index (χ2n) is 10.7. The maximum atomic E-state index is 13.1. The summed E-state index contributed by atoms with van der Waals surface area (Å²) in [6, 6.07) is -0.560. The van der Waals surface area contributed by atoms with Gasteiger partial charge < -0.3 is 30.0 Å². The molecule has 2 heterocycles. The predicted molar refractivity (Wildman–Crippen MR) is 184 cm³/mol. The summed E-state index contributed by atoms with van der Waals surface area (Å²) in [6.07, 6.45) is 6.38. The molecule has 14 heteroatoms. The van der Waals surface area contributed by atoms with Gasteiger partial charge in [-0.25, -0.2) is 0 Å². The lowest BCUT2D eigenvalue weighted by atomic mass is 10.0. The number of aromatic nitrogens is 3. The van der Waals surface area contributed by atoms with Crippen LogP contribution in [0.5, 0.6) is 0 Å². The van der Waals surface area contributed by atoms with Crippen LogP contribution in [-0.2, 0) is 29.7 Å². The number of hydrogen-bond acceptors (Lipinski definition) is 10. The monoisotopic (exact) mass is 677 g/mol. The van der Waals surface area contributed by atoms with Crippen molar-refractivity contribution in [1.82, 2.24) is 30.7 Å². The summed E-state index contributed by atoms with van der Waals surface area (Å²) in [5.41, 5.74) is 2.64. The van der Waals surface area contributed by atoms with E-state index in [9.17, 15) is 14.4 Å². The molecule has 1 aliphatic rings. The zero-order valence-corrected chi connectivity index (χ0v) is 29.2. The van der Waals surface area contributed by atoms with Crippen LogP contribution < -0.4 is 16.0 Å². The van der Waals surface area contributed by atoms with Gasteiger partial charge in [-0.1, -0.05) is 35.9 Å². The summed E-state index contributed by atoms with van der Waals surface area (Å²) in [4.78, 5) is 42.0. The van der Waals surface area contributed by atoms with Gasteiger partial charge in [0, 0.05) is 50.1 Å². The maximum Gasteiger partial charge on any atom is 0.222 e. The van der Waals surface area contributed by atoms with E-state index in [2.05, 4.69) is 46.6 Å². The molecule has 1 aliphatic heterocycles. The smallest absolute Gasteiger partial charge is 0.222 e. The lowest BCUT2D eigenvalue weighted by Gasteiger charge is -2.20. The molecule has 3 N–H and O–H groups in total. The minimum atomic E-state index is -0.560. The van der Waals surface area contributed by atoms with Crippen LogP contribution in [0, 0.1) is 6.92 Å². The van der Waals surface area contributed by atoms with Crippen molar-refractivity contribution in [1.29, 1.82) is 0 Å². The third kappa shape index (κ3) is 15.0. The van der Waals surface area contributed by atoms with Crippen LogP contribution in [0.25, 0.3) is 0 Å². The topological polar surface area (TPSA) is 149 Å². The standard InChI is InChI=1S/C32H48ClN7O5S/c1-7-27(33)9-8-22(2)29-18-23(3)24(4)46-21-40-25(5)38-39-32(40)30(37-29)19-31(43)36-13-15-45-17-16-44-14-10-28(42)20-34-11-12-35-26(6)41/h7-9,30,34H,2,10-21H2,1,3-6H3,(H,35,41)(H,36,43)/b9-8-,24-23-,27-7+,37-29?/t30-/m0/s1. The number of aliphatic imine (C=N–C) groups is 1. The quantitative estimate of drug-likeness (QED) is 0.146. The first kappa shape index (κ1) is 39.1. The Morgan fingerprint density at radius 3 is 2.50 bits per heavy atom. The number of carbonyl (C=O) groups excluding carboxylic acids is 3. The fourth-order valence-electron chi connectivity index (χ4n) is 4.12. The number of ether oxygens (including phenoxy) is 2. The van der Waals surface area contributed by atoms with Crippen molar-refractivity contribution in [2.24, 2.45) is 4.99 Å². The molecule has 0 aromatic carbocycles. The normalized spacial score (nSPS) is 17.4. The molecule has 0 radical (unpaired) electrons. The lowest BCUT2D eigenvalue weighted by molar-refractivity contribution is -0.122. The van der Waals surface area contributed by atoms with Gasteiger partial charge in [-0.05, 0) is 44.2 Å². The molecular formula is C32H48ClN7O5S. The summed E-state index contributed by atoms with van der Waals surface area (Å²) in [6.45, 7) is 16.5. The van der Waals surface area contributed by atoms with Gasteiger partial charge in [0.1, 0.15) is 17.6 Å². The van der Waals surface area contributed by atoms with E-state index < -0.39 is 6.04 Å². The average molecular weight is 678 g/mol. The third-order valence-corrected chi connectivity index (χ3v) is 8.46. The largest absolute Gasteiger partial charge is 0.379 e. The summed E-state index contributed by atoms with van der Waals surface area (Å²) in [7, 11) is 0. The molecule has 0 saturated heterocycles. The van der Waals surface area contributed by atoms with Crippen LogP contribution in [0.3, 0.4) is 0 Å². The summed E-state index contributed by atoms with van der Waals surface area (Å²) in [5, 5.41) is 17.8. The number of thioether (sulfide) groups is 1. The second kappa shape index (κ2) is 21.6.